The second kappa shape index (κ2) is 9.89. The molecule has 0 atom stereocenters. The van der Waals surface area contributed by atoms with Gasteiger partial charge in [-0.05, 0) is 81.9 Å². The van der Waals surface area contributed by atoms with Crippen LogP contribution in [0.15, 0.2) is 77.7 Å². The molecule has 1 aliphatic rings. The Balaban J connectivity index is 1.46. The molecule has 3 aromatic carbocycles. The van der Waals surface area contributed by atoms with Crippen LogP contribution in [-0.2, 0) is 17.9 Å². The van der Waals surface area contributed by atoms with E-state index in [0.29, 0.717) is 22.3 Å². The van der Waals surface area contributed by atoms with Crippen LogP contribution in [0, 0.1) is 3.57 Å². The van der Waals surface area contributed by atoms with E-state index in [1.54, 1.807) is 6.08 Å². The standard InChI is InChI=1S/C24H17ClINO3S/c25-21-7-2-1-5-18(21)15-30-20-6-3-4-17(12-20)13-22-23(28)27(24(29)31-22)14-16-8-10-19(26)11-9-16/h1-13H,14-15H2/b22-13-. The highest BCUT2D eigenvalue weighted by molar-refractivity contribution is 14.1. The molecule has 0 aliphatic carbocycles. The fraction of sp³-hybridized carbons (Fsp3) is 0.0833. The highest BCUT2D eigenvalue weighted by Crippen LogP contribution is 2.34. The van der Waals surface area contributed by atoms with Crippen molar-refractivity contribution in [2.45, 2.75) is 13.2 Å². The van der Waals surface area contributed by atoms with E-state index in [9.17, 15) is 9.59 Å². The highest BCUT2D eigenvalue weighted by atomic mass is 127. The lowest BCUT2D eigenvalue weighted by atomic mass is 10.2. The lowest BCUT2D eigenvalue weighted by molar-refractivity contribution is -0.123. The first-order valence-corrected chi connectivity index (χ1v) is 11.7. The quantitative estimate of drug-likeness (QED) is 0.246. The third-order valence-electron chi connectivity index (χ3n) is 4.64. The molecule has 0 unspecified atom stereocenters. The van der Waals surface area contributed by atoms with Crippen LogP contribution in [0.1, 0.15) is 16.7 Å². The Hall–Kier alpha value is -2.29. The minimum absolute atomic E-state index is 0.263. The summed E-state index contributed by atoms with van der Waals surface area (Å²) in [5.41, 5.74) is 2.60. The smallest absolute Gasteiger partial charge is 0.293 e. The molecule has 1 heterocycles. The first-order valence-electron chi connectivity index (χ1n) is 9.46. The van der Waals surface area contributed by atoms with Gasteiger partial charge in [-0.3, -0.25) is 14.5 Å². The average Bonchev–Trinajstić information content (AvgIpc) is 3.02. The largest absolute Gasteiger partial charge is 0.489 e. The Kier molecular flexibility index (Phi) is 6.99. The number of thioether (sulfide) groups is 1. The number of imide groups is 1. The molecule has 156 valence electrons. The normalized spacial score (nSPS) is 15.0. The summed E-state index contributed by atoms with van der Waals surface area (Å²) in [4.78, 5) is 26.9. The fourth-order valence-electron chi connectivity index (χ4n) is 3.03. The summed E-state index contributed by atoms with van der Waals surface area (Å²) in [6.45, 7) is 0.607. The van der Waals surface area contributed by atoms with Crippen molar-refractivity contribution >= 4 is 63.2 Å². The summed E-state index contributed by atoms with van der Waals surface area (Å²) < 4.78 is 6.96. The van der Waals surface area contributed by atoms with Crippen molar-refractivity contribution < 1.29 is 14.3 Å². The number of nitrogens with zero attached hydrogens (tertiary/aromatic N) is 1. The zero-order valence-corrected chi connectivity index (χ0v) is 20.0. The van der Waals surface area contributed by atoms with E-state index in [-0.39, 0.29) is 17.7 Å². The van der Waals surface area contributed by atoms with Gasteiger partial charge in [-0.25, -0.2) is 0 Å². The summed E-state index contributed by atoms with van der Waals surface area (Å²) in [7, 11) is 0. The monoisotopic (exact) mass is 561 g/mol. The Morgan fingerprint density at radius 2 is 1.77 bits per heavy atom. The molecule has 7 heteroatoms. The Morgan fingerprint density at radius 3 is 2.55 bits per heavy atom. The van der Waals surface area contributed by atoms with E-state index in [1.807, 2.05) is 72.8 Å². The molecule has 0 radical (unpaired) electrons. The number of rotatable bonds is 6. The van der Waals surface area contributed by atoms with E-state index in [4.69, 9.17) is 16.3 Å². The van der Waals surface area contributed by atoms with Crippen LogP contribution in [0.2, 0.25) is 5.02 Å². The van der Waals surface area contributed by atoms with Crippen LogP contribution in [0.4, 0.5) is 4.79 Å². The maximum absolute atomic E-state index is 12.8. The van der Waals surface area contributed by atoms with Crippen molar-refractivity contribution in [1.82, 2.24) is 4.90 Å². The lowest BCUT2D eigenvalue weighted by Crippen LogP contribution is -2.27. The van der Waals surface area contributed by atoms with Gasteiger partial charge in [0.1, 0.15) is 12.4 Å². The molecule has 4 rings (SSSR count). The molecule has 1 saturated heterocycles. The van der Waals surface area contributed by atoms with Gasteiger partial charge in [0.25, 0.3) is 11.1 Å². The van der Waals surface area contributed by atoms with Gasteiger partial charge in [-0.15, -0.1) is 0 Å². The fourth-order valence-corrected chi connectivity index (χ4v) is 4.42. The van der Waals surface area contributed by atoms with Gasteiger partial charge < -0.3 is 4.74 Å². The number of ether oxygens (including phenoxy) is 1. The van der Waals surface area contributed by atoms with Crippen LogP contribution in [-0.4, -0.2) is 16.0 Å². The van der Waals surface area contributed by atoms with Gasteiger partial charge >= 0.3 is 0 Å². The van der Waals surface area contributed by atoms with E-state index in [0.717, 1.165) is 32.0 Å². The summed E-state index contributed by atoms with van der Waals surface area (Å²) >= 11 is 9.35. The van der Waals surface area contributed by atoms with E-state index in [1.165, 1.54) is 4.90 Å². The predicted octanol–water partition coefficient (Wildman–Crippen LogP) is 6.76. The minimum atomic E-state index is -0.282. The van der Waals surface area contributed by atoms with Gasteiger partial charge in [0, 0.05) is 14.2 Å². The van der Waals surface area contributed by atoms with Crippen molar-refractivity contribution in [3.8, 4) is 5.75 Å². The summed E-state index contributed by atoms with van der Waals surface area (Å²) in [5, 5.41) is 0.390. The molecule has 0 saturated carbocycles. The Morgan fingerprint density at radius 1 is 1.00 bits per heavy atom. The summed E-state index contributed by atoms with van der Waals surface area (Å²) in [6.07, 6.45) is 1.72. The van der Waals surface area contributed by atoms with Gasteiger partial charge in [0.2, 0.25) is 0 Å². The molecule has 0 spiro atoms. The molecule has 4 nitrogen and oxygen atoms in total. The maximum Gasteiger partial charge on any atom is 0.293 e. The lowest BCUT2D eigenvalue weighted by Gasteiger charge is -2.12. The van der Waals surface area contributed by atoms with Gasteiger partial charge in [0.05, 0.1) is 11.4 Å². The Labute approximate surface area is 203 Å². The topological polar surface area (TPSA) is 46.6 Å². The second-order valence-electron chi connectivity index (χ2n) is 6.85. The van der Waals surface area contributed by atoms with Gasteiger partial charge in [0.15, 0.2) is 0 Å². The molecule has 3 aromatic rings. The minimum Gasteiger partial charge on any atom is -0.489 e. The first-order chi connectivity index (χ1) is 15.0. The maximum atomic E-state index is 12.8. The zero-order chi connectivity index (χ0) is 21.8. The van der Waals surface area contributed by atoms with Crippen LogP contribution >= 0.6 is 46.0 Å². The number of carbonyl (C=O) groups is 2. The number of hydrogen-bond acceptors (Lipinski definition) is 4. The third kappa shape index (κ3) is 5.50. The van der Waals surface area contributed by atoms with Crippen LogP contribution in [0.5, 0.6) is 5.75 Å². The average molecular weight is 562 g/mol. The number of hydrogen-bond donors (Lipinski definition) is 0. The van der Waals surface area contributed by atoms with Crippen LogP contribution in [0.3, 0.4) is 0 Å². The van der Waals surface area contributed by atoms with Crippen LogP contribution < -0.4 is 4.74 Å². The molecular weight excluding hydrogens is 545 g/mol. The molecule has 0 N–H and O–H groups in total. The van der Waals surface area contributed by atoms with Crippen molar-refractivity contribution in [1.29, 1.82) is 0 Å². The van der Waals surface area contributed by atoms with Crippen molar-refractivity contribution in [2.75, 3.05) is 0 Å². The second-order valence-corrected chi connectivity index (χ2v) is 9.49. The number of halogens is 2. The van der Waals surface area contributed by atoms with E-state index < -0.39 is 0 Å². The number of benzene rings is 3. The number of carbonyl (C=O) groups excluding carboxylic acids is 2. The van der Waals surface area contributed by atoms with Crippen LogP contribution in [0.25, 0.3) is 6.08 Å². The molecule has 0 aromatic heterocycles. The third-order valence-corrected chi connectivity index (χ3v) is 6.63. The van der Waals surface area contributed by atoms with E-state index >= 15 is 0 Å². The summed E-state index contributed by atoms with van der Waals surface area (Å²) in [5.74, 6) is 0.378. The highest BCUT2D eigenvalue weighted by Gasteiger charge is 2.34. The van der Waals surface area contributed by atoms with E-state index in [2.05, 4.69) is 22.6 Å². The van der Waals surface area contributed by atoms with Crippen molar-refractivity contribution in [2.24, 2.45) is 0 Å². The summed E-state index contributed by atoms with van der Waals surface area (Å²) in [6, 6.07) is 22.7. The SMILES string of the molecule is O=C1S/C(=C\c2cccc(OCc3ccccc3Cl)c2)C(=O)N1Cc1ccc(I)cc1. The zero-order valence-electron chi connectivity index (χ0n) is 16.3. The van der Waals surface area contributed by atoms with Crippen molar-refractivity contribution in [3.63, 3.8) is 0 Å². The Bertz CT molecular complexity index is 1160. The predicted molar refractivity (Wildman–Crippen MR) is 133 cm³/mol. The molecular formula is C24H17ClINO3S. The van der Waals surface area contributed by atoms with Gasteiger partial charge in [-0.1, -0.05) is 54.1 Å². The molecule has 2 amide bonds. The van der Waals surface area contributed by atoms with Crippen molar-refractivity contribution in [3.05, 3.63) is 103 Å². The molecule has 0 bridgehead atoms. The molecule has 31 heavy (non-hydrogen) atoms. The first kappa shape index (κ1) is 21.9. The molecule has 1 fully saturated rings. The van der Waals surface area contributed by atoms with Gasteiger partial charge in [-0.2, -0.15) is 0 Å². The number of amides is 2. The molecule has 1 aliphatic heterocycles.